The number of anilines is 1. The summed E-state index contributed by atoms with van der Waals surface area (Å²) in [4.78, 5) is 28.8. The summed E-state index contributed by atoms with van der Waals surface area (Å²) < 4.78 is 28.9. The lowest BCUT2D eigenvalue weighted by Gasteiger charge is -2.34. The van der Waals surface area contributed by atoms with Crippen LogP contribution in [-0.4, -0.2) is 43.8 Å². The van der Waals surface area contributed by atoms with Gasteiger partial charge in [0.1, 0.15) is 12.6 Å². The molecule has 0 saturated heterocycles. The molecule has 0 spiro atoms. The summed E-state index contributed by atoms with van der Waals surface area (Å²) in [5, 5.41) is 3.36. The summed E-state index contributed by atoms with van der Waals surface area (Å²) >= 11 is 6.16. The van der Waals surface area contributed by atoms with Crippen LogP contribution in [0, 0.1) is 13.8 Å². The highest BCUT2D eigenvalue weighted by molar-refractivity contribution is 7.92. The minimum absolute atomic E-state index is 0.0572. The molecule has 0 aromatic heterocycles. The number of rotatable bonds is 11. The van der Waals surface area contributed by atoms with Crippen LogP contribution in [0.5, 0.6) is 0 Å². The number of hydrogen-bond acceptors (Lipinski definition) is 4. The van der Waals surface area contributed by atoms with Gasteiger partial charge >= 0.3 is 0 Å². The summed E-state index contributed by atoms with van der Waals surface area (Å²) in [5.74, 6) is -0.775. The van der Waals surface area contributed by atoms with Crippen molar-refractivity contribution in [2.45, 2.75) is 64.6 Å². The fraction of sp³-hybridized carbons (Fsp3) is 0.333. The number of sulfonamides is 1. The van der Waals surface area contributed by atoms with Gasteiger partial charge in [-0.25, -0.2) is 8.42 Å². The molecule has 0 heterocycles. The molecule has 9 heteroatoms. The minimum atomic E-state index is -4.13. The Morgan fingerprint density at radius 1 is 0.949 bits per heavy atom. The Hall–Kier alpha value is -3.36. The van der Waals surface area contributed by atoms with Crippen LogP contribution in [0.4, 0.5) is 5.69 Å². The number of aryl methyl sites for hydroxylation is 2. The van der Waals surface area contributed by atoms with Crippen molar-refractivity contribution in [2.75, 3.05) is 10.8 Å². The van der Waals surface area contributed by atoms with Crippen LogP contribution in [0.1, 0.15) is 43.9 Å². The Bertz CT molecular complexity index is 1390. The highest BCUT2D eigenvalue weighted by atomic mass is 35.5. The molecular formula is C30H36ClN3O4S. The average Bonchev–Trinajstić information content (AvgIpc) is 2.88. The van der Waals surface area contributed by atoms with E-state index in [9.17, 15) is 18.0 Å². The zero-order valence-electron chi connectivity index (χ0n) is 23.0. The van der Waals surface area contributed by atoms with Crippen molar-refractivity contribution in [2.24, 2.45) is 0 Å². The largest absolute Gasteiger partial charge is 0.352 e. The number of hydrogen-bond donors (Lipinski definition) is 1. The number of benzene rings is 3. The van der Waals surface area contributed by atoms with Crippen molar-refractivity contribution < 1.29 is 18.0 Å². The van der Waals surface area contributed by atoms with E-state index in [1.807, 2.05) is 52.0 Å². The molecule has 0 fully saturated rings. The third-order valence-electron chi connectivity index (χ3n) is 6.33. The number of amides is 2. The minimum Gasteiger partial charge on any atom is -0.352 e. The van der Waals surface area contributed by atoms with E-state index in [0.29, 0.717) is 22.7 Å². The number of carbonyl (C=O) groups is 2. The van der Waals surface area contributed by atoms with Crippen molar-refractivity contribution in [1.82, 2.24) is 10.2 Å². The molecule has 0 aliphatic carbocycles. The molecule has 1 atom stereocenters. The van der Waals surface area contributed by atoms with Crippen molar-refractivity contribution >= 4 is 39.1 Å². The van der Waals surface area contributed by atoms with Gasteiger partial charge in [-0.15, -0.1) is 0 Å². The Kier molecular flexibility index (Phi) is 10.2. The zero-order valence-corrected chi connectivity index (χ0v) is 24.6. The molecule has 3 rings (SSSR count). The predicted octanol–water partition coefficient (Wildman–Crippen LogP) is 5.48. The van der Waals surface area contributed by atoms with Gasteiger partial charge in [0.25, 0.3) is 10.0 Å². The van der Waals surface area contributed by atoms with E-state index in [2.05, 4.69) is 5.32 Å². The van der Waals surface area contributed by atoms with E-state index >= 15 is 0 Å². The van der Waals surface area contributed by atoms with E-state index in [1.165, 1.54) is 17.0 Å². The zero-order chi connectivity index (χ0) is 28.7. The molecule has 0 unspecified atom stereocenters. The van der Waals surface area contributed by atoms with Gasteiger partial charge in [-0.1, -0.05) is 66.6 Å². The van der Waals surface area contributed by atoms with Crippen LogP contribution >= 0.6 is 11.6 Å². The molecule has 208 valence electrons. The normalized spacial score (nSPS) is 12.2. The number of carbonyl (C=O) groups excluding carboxylic acids is 2. The second-order valence-corrected chi connectivity index (χ2v) is 12.1. The second-order valence-electron chi connectivity index (χ2n) is 9.85. The van der Waals surface area contributed by atoms with E-state index in [4.69, 9.17) is 11.6 Å². The Morgan fingerprint density at radius 3 is 2.15 bits per heavy atom. The maximum Gasteiger partial charge on any atom is 0.264 e. The van der Waals surface area contributed by atoms with Crippen LogP contribution < -0.4 is 9.62 Å². The first-order valence-corrected chi connectivity index (χ1v) is 14.7. The Morgan fingerprint density at radius 2 is 1.59 bits per heavy atom. The van der Waals surface area contributed by atoms with Gasteiger partial charge in [0.15, 0.2) is 0 Å². The first kappa shape index (κ1) is 30.2. The van der Waals surface area contributed by atoms with Gasteiger partial charge in [-0.05, 0) is 75.6 Å². The smallest absolute Gasteiger partial charge is 0.264 e. The standard InChI is InChI=1S/C30H36ClN3O4S/c1-6-27(30(36)32-21(2)3)33(19-24-14-12-22(4)13-15-24)29(35)20-34(28-17-16-25(31)18-23(28)5)39(37,38)26-10-8-7-9-11-26/h7-18,21,27H,6,19-20H2,1-5H3,(H,32,36)/t27-/m1/s1. The van der Waals surface area contributed by atoms with Gasteiger partial charge in [0, 0.05) is 17.6 Å². The van der Waals surface area contributed by atoms with Crippen molar-refractivity contribution in [3.63, 3.8) is 0 Å². The molecule has 0 radical (unpaired) electrons. The lowest BCUT2D eigenvalue weighted by Crippen LogP contribution is -2.53. The van der Waals surface area contributed by atoms with Crippen molar-refractivity contribution in [3.05, 3.63) is 94.5 Å². The highest BCUT2D eigenvalue weighted by Crippen LogP contribution is 2.29. The van der Waals surface area contributed by atoms with E-state index < -0.39 is 28.5 Å². The van der Waals surface area contributed by atoms with Crippen molar-refractivity contribution in [1.29, 1.82) is 0 Å². The van der Waals surface area contributed by atoms with Crippen LogP contribution in [0.2, 0.25) is 5.02 Å². The molecule has 3 aromatic carbocycles. The van der Waals surface area contributed by atoms with E-state index in [1.54, 1.807) is 43.3 Å². The van der Waals surface area contributed by atoms with Gasteiger partial charge in [0.2, 0.25) is 11.8 Å². The summed E-state index contributed by atoms with van der Waals surface area (Å²) in [6, 6.07) is 19.6. The summed E-state index contributed by atoms with van der Waals surface area (Å²) in [5.41, 5.74) is 2.85. The van der Waals surface area contributed by atoms with Crippen LogP contribution in [0.15, 0.2) is 77.7 Å². The maximum absolute atomic E-state index is 14.1. The maximum atomic E-state index is 14.1. The molecule has 0 bridgehead atoms. The third-order valence-corrected chi connectivity index (χ3v) is 8.34. The summed E-state index contributed by atoms with van der Waals surface area (Å²) in [7, 11) is -4.13. The second kappa shape index (κ2) is 13.1. The first-order chi connectivity index (χ1) is 18.4. The SMILES string of the molecule is CC[C@H](C(=O)NC(C)C)N(Cc1ccc(C)cc1)C(=O)CN(c1ccc(Cl)cc1C)S(=O)(=O)c1ccccc1. The lowest BCUT2D eigenvalue weighted by atomic mass is 10.1. The average molecular weight is 570 g/mol. The molecule has 0 aliphatic heterocycles. The molecular weight excluding hydrogens is 534 g/mol. The molecule has 0 saturated carbocycles. The molecule has 3 aromatic rings. The highest BCUT2D eigenvalue weighted by Gasteiger charge is 2.34. The predicted molar refractivity (Wildman–Crippen MR) is 156 cm³/mol. The van der Waals surface area contributed by atoms with Crippen molar-refractivity contribution in [3.8, 4) is 0 Å². The monoisotopic (exact) mass is 569 g/mol. The quantitative estimate of drug-likeness (QED) is 0.331. The van der Waals surface area contributed by atoms with Gasteiger partial charge < -0.3 is 10.2 Å². The molecule has 39 heavy (non-hydrogen) atoms. The fourth-order valence-electron chi connectivity index (χ4n) is 4.32. The van der Waals surface area contributed by atoms with Gasteiger partial charge in [0.05, 0.1) is 10.6 Å². The van der Waals surface area contributed by atoms with Gasteiger partial charge in [-0.3, -0.25) is 13.9 Å². The number of nitrogens with one attached hydrogen (secondary N) is 1. The molecule has 7 nitrogen and oxygen atoms in total. The van der Waals surface area contributed by atoms with E-state index in [-0.39, 0.29) is 23.4 Å². The molecule has 2 amide bonds. The molecule has 1 N–H and O–H groups in total. The third kappa shape index (κ3) is 7.61. The van der Waals surface area contributed by atoms with Crippen LogP contribution in [0.3, 0.4) is 0 Å². The fourth-order valence-corrected chi connectivity index (χ4v) is 6.05. The van der Waals surface area contributed by atoms with Gasteiger partial charge in [-0.2, -0.15) is 0 Å². The molecule has 0 aliphatic rings. The summed E-state index contributed by atoms with van der Waals surface area (Å²) in [6.07, 6.45) is 0.363. The number of nitrogens with zero attached hydrogens (tertiary/aromatic N) is 2. The topological polar surface area (TPSA) is 86.8 Å². The van der Waals surface area contributed by atoms with E-state index in [0.717, 1.165) is 15.4 Å². The summed E-state index contributed by atoms with van der Waals surface area (Å²) in [6.45, 7) is 8.93. The first-order valence-electron chi connectivity index (χ1n) is 12.9. The Balaban J connectivity index is 2.08. The van der Waals surface area contributed by atoms with Crippen LogP contribution in [0.25, 0.3) is 0 Å². The lowest BCUT2D eigenvalue weighted by molar-refractivity contribution is -0.140. The Labute approximate surface area is 236 Å². The van der Waals surface area contributed by atoms with Crippen LogP contribution in [-0.2, 0) is 26.2 Å². The number of halogens is 1.